The van der Waals surface area contributed by atoms with Crippen molar-refractivity contribution in [2.24, 2.45) is 0 Å². The Morgan fingerprint density at radius 3 is 2.18 bits per heavy atom. The number of aliphatic hydroxyl groups excluding tert-OH is 1. The average Bonchev–Trinajstić information content (AvgIpc) is 2.64. The number of rotatable bonds is 8. The van der Waals surface area contributed by atoms with Gasteiger partial charge in [0.15, 0.2) is 23.3 Å². The first-order valence-electron chi connectivity index (χ1n) is 7.94. The minimum atomic E-state index is -4.14. The molecule has 6 nitrogen and oxygen atoms in total. The highest BCUT2D eigenvalue weighted by Gasteiger charge is 2.17. The highest BCUT2D eigenvalue weighted by atomic mass is 32.2. The molecule has 0 heterocycles. The maximum Gasteiger partial charge on any atom is 0.240 e. The first-order valence-corrected chi connectivity index (χ1v) is 9.43. The fourth-order valence-electron chi connectivity index (χ4n) is 2.16. The number of aliphatic hydroxyl groups is 1. The van der Waals surface area contributed by atoms with Gasteiger partial charge >= 0.3 is 0 Å². The van der Waals surface area contributed by atoms with Crippen LogP contribution in [0.1, 0.15) is 18.1 Å². The van der Waals surface area contributed by atoms with Crippen molar-refractivity contribution in [1.29, 1.82) is 0 Å². The summed E-state index contributed by atoms with van der Waals surface area (Å²) in [6.45, 7) is -0.645. The third-order valence-corrected chi connectivity index (χ3v) is 5.13. The Labute approximate surface area is 158 Å². The molecule has 1 amide bonds. The summed E-state index contributed by atoms with van der Waals surface area (Å²) in [5.74, 6) is -5.37. The largest absolute Gasteiger partial charge is 0.387 e. The van der Waals surface area contributed by atoms with Crippen LogP contribution in [0, 0.1) is 23.3 Å². The second-order valence-corrected chi connectivity index (χ2v) is 7.48. The normalized spacial score (nSPS) is 12.6. The minimum Gasteiger partial charge on any atom is -0.387 e. The molecule has 2 aromatic rings. The first-order chi connectivity index (χ1) is 13.1. The lowest BCUT2D eigenvalue weighted by Gasteiger charge is -2.13. The van der Waals surface area contributed by atoms with E-state index in [1.807, 2.05) is 0 Å². The van der Waals surface area contributed by atoms with E-state index < -0.39 is 50.2 Å². The van der Waals surface area contributed by atoms with E-state index >= 15 is 0 Å². The van der Waals surface area contributed by atoms with E-state index in [1.54, 1.807) is 0 Å². The molecule has 3 N–H and O–H groups in total. The molecule has 0 aliphatic carbocycles. The van der Waals surface area contributed by atoms with Gasteiger partial charge in [0.2, 0.25) is 15.9 Å². The number of nitrogens with one attached hydrogen (secondary N) is 2. The molecule has 0 aromatic heterocycles. The maximum absolute atomic E-state index is 13.1. The molecule has 1 atom stereocenters. The number of hydrogen-bond acceptors (Lipinski definition) is 4. The molecule has 2 aromatic carbocycles. The maximum atomic E-state index is 13.1. The highest BCUT2D eigenvalue weighted by Crippen LogP contribution is 2.16. The third kappa shape index (κ3) is 5.75. The third-order valence-electron chi connectivity index (χ3n) is 3.67. The van der Waals surface area contributed by atoms with Crippen LogP contribution < -0.4 is 10.0 Å². The Hall–Kier alpha value is -2.50. The van der Waals surface area contributed by atoms with Crippen LogP contribution in [0.4, 0.5) is 17.6 Å². The monoisotopic (exact) mass is 420 g/mol. The molecule has 0 aliphatic rings. The molecule has 0 saturated carbocycles. The summed E-state index contributed by atoms with van der Waals surface area (Å²) >= 11 is 0. The van der Waals surface area contributed by atoms with E-state index in [4.69, 9.17) is 0 Å². The Kier molecular flexibility index (Phi) is 7.11. The van der Waals surface area contributed by atoms with Crippen molar-refractivity contribution < 1.29 is 35.9 Å². The van der Waals surface area contributed by atoms with Crippen molar-refractivity contribution >= 4 is 15.9 Å². The molecule has 0 radical (unpaired) electrons. The van der Waals surface area contributed by atoms with E-state index in [2.05, 4.69) is 10.0 Å². The SMILES string of the molecule is O=C(CCNS(=O)(=O)c1ccc(F)c(F)c1)NCC(O)c1ccc(F)c(F)c1. The molecule has 152 valence electrons. The molecule has 11 heteroatoms. The predicted octanol–water partition coefficient (Wildman–Crippen LogP) is 1.76. The second-order valence-electron chi connectivity index (χ2n) is 5.72. The summed E-state index contributed by atoms with van der Waals surface area (Å²) in [5.41, 5.74) is 0.0539. The van der Waals surface area contributed by atoms with Crippen LogP contribution in [-0.2, 0) is 14.8 Å². The molecule has 1 unspecified atom stereocenters. The van der Waals surface area contributed by atoms with Gasteiger partial charge < -0.3 is 10.4 Å². The minimum absolute atomic E-state index is 0.0539. The second kappa shape index (κ2) is 9.13. The molecule has 28 heavy (non-hydrogen) atoms. The van der Waals surface area contributed by atoms with E-state index in [0.29, 0.717) is 12.1 Å². The van der Waals surface area contributed by atoms with Crippen molar-refractivity contribution in [3.63, 3.8) is 0 Å². The van der Waals surface area contributed by atoms with Gasteiger partial charge in [-0.05, 0) is 35.9 Å². The molecule has 0 aliphatic heterocycles. The number of halogens is 4. The van der Waals surface area contributed by atoms with Gasteiger partial charge in [-0.2, -0.15) is 0 Å². The lowest BCUT2D eigenvalue weighted by Crippen LogP contribution is -2.33. The number of amides is 1. The smallest absolute Gasteiger partial charge is 0.240 e. The van der Waals surface area contributed by atoms with Gasteiger partial charge in [-0.3, -0.25) is 4.79 Å². The lowest BCUT2D eigenvalue weighted by atomic mass is 10.1. The number of carbonyl (C=O) groups excluding carboxylic acids is 1. The topological polar surface area (TPSA) is 95.5 Å². The zero-order chi connectivity index (χ0) is 20.9. The zero-order valence-corrected chi connectivity index (χ0v) is 15.1. The summed E-state index contributed by atoms with van der Waals surface area (Å²) in [6.07, 6.45) is -1.61. The number of sulfonamides is 1. The molecule has 2 rings (SSSR count). The summed E-state index contributed by atoms with van der Waals surface area (Å²) in [4.78, 5) is 11.2. The molecular formula is C17H16F4N2O4S. The fraction of sp³-hybridized carbons (Fsp3) is 0.235. The van der Waals surface area contributed by atoms with Crippen LogP contribution in [0.5, 0.6) is 0 Å². The molecular weight excluding hydrogens is 404 g/mol. The standard InChI is InChI=1S/C17H16F4N2O4S/c18-12-3-1-10(7-14(12)20)16(24)9-22-17(25)5-6-23-28(26,27)11-2-4-13(19)15(21)8-11/h1-4,7-8,16,23-24H,5-6,9H2,(H,22,25). The summed E-state index contributed by atoms with van der Waals surface area (Å²) in [6, 6.07) is 4.83. The van der Waals surface area contributed by atoms with Gasteiger partial charge in [-0.1, -0.05) is 6.07 Å². The predicted molar refractivity (Wildman–Crippen MR) is 90.5 cm³/mol. The Morgan fingerprint density at radius 2 is 1.57 bits per heavy atom. The molecule has 0 bridgehead atoms. The van der Waals surface area contributed by atoms with Gasteiger partial charge in [0.25, 0.3) is 0 Å². The van der Waals surface area contributed by atoms with E-state index in [0.717, 1.165) is 24.3 Å². The van der Waals surface area contributed by atoms with Crippen LogP contribution in [0.2, 0.25) is 0 Å². The summed E-state index contributed by atoms with van der Waals surface area (Å²) in [7, 11) is -4.14. The van der Waals surface area contributed by atoms with Crippen LogP contribution in [0.15, 0.2) is 41.3 Å². The van der Waals surface area contributed by atoms with Crippen molar-refractivity contribution in [2.75, 3.05) is 13.1 Å². The van der Waals surface area contributed by atoms with Crippen LogP contribution in [0.3, 0.4) is 0 Å². The average molecular weight is 420 g/mol. The van der Waals surface area contributed by atoms with Crippen LogP contribution in [-0.4, -0.2) is 32.5 Å². The van der Waals surface area contributed by atoms with Crippen molar-refractivity contribution in [2.45, 2.75) is 17.4 Å². The van der Waals surface area contributed by atoms with Crippen LogP contribution >= 0.6 is 0 Å². The lowest BCUT2D eigenvalue weighted by molar-refractivity contribution is -0.121. The van der Waals surface area contributed by atoms with Gasteiger partial charge in [0, 0.05) is 19.5 Å². The number of benzene rings is 2. The van der Waals surface area contributed by atoms with Gasteiger partial charge in [-0.15, -0.1) is 0 Å². The van der Waals surface area contributed by atoms with Gasteiger partial charge in [0.1, 0.15) is 0 Å². The van der Waals surface area contributed by atoms with Gasteiger partial charge in [0.05, 0.1) is 11.0 Å². The Balaban J connectivity index is 1.81. The quantitative estimate of drug-likeness (QED) is 0.567. The number of hydrogen-bond donors (Lipinski definition) is 3. The fourth-order valence-corrected chi connectivity index (χ4v) is 3.21. The van der Waals surface area contributed by atoms with E-state index in [9.17, 15) is 35.9 Å². The van der Waals surface area contributed by atoms with Crippen molar-refractivity contribution in [1.82, 2.24) is 10.0 Å². The number of carbonyl (C=O) groups is 1. The molecule has 0 fully saturated rings. The Bertz CT molecular complexity index is 970. The van der Waals surface area contributed by atoms with Crippen LogP contribution in [0.25, 0.3) is 0 Å². The molecule has 0 saturated heterocycles. The summed E-state index contributed by atoms with van der Waals surface area (Å²) < 4.78 is 77.9. The zero-order valence-electron chi connectivity index (χ0n) is 14.3. The Morgan fingerprint density at radius 1 is 0.964 bits per heavy atom. The highest BCUT2D eigenvalue weighted by molar-refractivity contribution is 7.89. The summed E-state index contributed by atoms with van der Waals surface area (Å²) in [5, 5.41) is 12.2. The van der Waals surface area contributed by atoms with Crippen molar-refractivity contribution in [3.8, 4) is 0 Å². The molecule has 0 spiro atoms. The van der Waals surface area contributed by atoms with Crippen molar-refractivity contribution in [3.05, 3.63) is 65.2 Å². The first kappa shape index (κ1) is 21.8. The van der Waals surface area contributed by atoms with E-state index in [-0.39, 0.29) is 25.1 Å². The van der Waals surface area contributed by atoms with E-state index in [1.165, 1.54) is 0 Å². The van der Waals surface area contributed by atoms with Gasteiger partial charge in [-0.25, -0.2) is 30.7 Å².